The minimum Gasteiger partial charge on any atom is -0.508 e. The van der Waals surface area contributed by atoms with Crippen LogP contribution in [-0.2, 0) is 67.2 Å². The van der Waals surface area contributed by atoms with E-state index in [9.17, 15) is 58.2 Å². The Morgan fingerprint density at radius 1 is 0.701 bits per heavy atom. The second-order valence-corrected chi connectivity index (χ2v) is 22.8. The number of fused-ring (bicyclic) bond motifs is 1. The van der Waals surface area contributed by atoms with Crippen molar-refractivity contribution in [1.82, 2.24) is 67.7 Å². The number of aromatic nitrogens is 3. The largest absolute Gasteiger partial charge is 0.508 e. The molecule has 17 N–H and O–H groups in total. The molecule has 87 heavy (non-hydrogen) atoms. The number of phenols is 1. The van der Waals surface area contributed by atoms with Crippen molar-refractivity contribution in [3.05, 3.63) is 84.1 Å². The molecule has 2 aromatic heterocycles. The molecule has 0 unspecified atom stereocenters. The lowest BCUT2D eigenvalue weighted by Crippen LogP contribution is -2.61. The SMILES string of the molecule is CCNC(=O)[C@H]1CCCN1C(=O)[C@H](CCCN=C(N)N)NC(=O)[C@H](CC(C)C)NC(=O)[C@H](CC(C)C)NC(=O)[C@@H](Cc1ccc(O)cc1)NC(=O)[C@H](CO)NC(=O)[C@@H](Cc1c[nH]c2ccccc12)NC(=O)[C@H](Cc1cnc[nH]1)NC(=O)[C@@H]1CCC(=O)N1. The van der Waals surface area contributed by atoms with Crippen molar-refractivity contribution < 1.29 is 58.2 Å². The van der Waals surface area contributed by atoms with Gasteiger partial charge in [-0.2, -0.15) is 0 Å². The summed E-state index contributed by atoms with van der Waals surface area (Å²) in [6, 6.07) is 1.58. The number of aliphatic hydroxyl groups is 1. The molecule has 472 valence electrons. The first-order chi connectivity index (χ1) is 41.5. The number of nitrogens with two attached hydrogens (primary N) is 2. The van der Waals surface area contributed by atoms with Gasteiger partial charge in [0.05, 0.1) is 12.9 Å². The molecule has 4 heterocycles. The number of likely N-dealkylation sites (N-methyl/N-ethyl adjacent to an activating group) is 1. The summed E-state index contributed by atoms with van der Waals surface area (Å²) in [7, 11) is 0. The van der Waals surface area contributed by atoms with Gasteiger partial charge >= 0.3 is 0 Å². The van der Waals surface area contributed by atoms with Gasteiger partial charge in [0.1, 0.15) is 60.1 Å². The highest BCUT2D eigenvalue weighted by molar-refractivity contribution is 5.99. The monoisotopic (exact) mass is 1210 g/mol. The molecule has 2 aliphatic heterocycles. The summed E-state index contributed by atoms with van der Waals surface area (Å²) in [4.78, 5) is 155. The van der Waals surface area contributed by atoms with Crippen LogP contribution in [0.4, 0.5) is 0 Å². The van der Waals surface area contributed by atoms with E-state index in [0.29, 0.717) is 41.6 Å². The number of carbonyl (C=O) groups is 10. The number of hydrogen-bond donors (Lipinski definition) is 15. The van der Waals surface area contributed by atoms with Gasteiger partial charge in [0.15, 0.2) is 5.96 Å². The average Bonchev–Trinajstić information content (AvgIpc) is 2.39. The van der Waals surface area contributed by atoms with Gasteiger partial charge in [-0.25, -0.2) is 4.98 Å². The zero-order chi connectivity index (χ0) is 63.3. The maximum Gasteiger partial charge on any atom is 0.245 e. The number of benzene rings is 2. The number of phenolic OH excluding ortho intramolecular Hbond substituents is 1. The summed E-state index contributed by atoms with van der Waals surface area (Å²) in [5.74, 6) is -7.55. The summed E-state index contributed by atoms with van der Waals surface area (Å²) < 4.78 is 0. The summed E-state index contributed by atoms with van der Waals surface area (Å²) in [6.45, 7) is 8.82. The lowest BCUT2D eigenvalue weighted by Gasteiger charge is -2.31. The number of carbonyl (C=O) groups excluding carboxylic acids is 10. The molecule has 4 aromatic rings. The molecule has 0 radical (unpaired) electrons. The molecule has 0 spiro atoms. The van der Waals surface area contributed by atoms with Crippen LogP contribution in [0.3, 0.4) is 0 Å². The minimum atomic E-state index is -1.75. The van der Waals surface area contributed by atoms with Gasteiger partial charge in [-0.15, -0.1) is 0 Å². The molecule has 6 rings (SSSR count). The van der Waals surface area contributed by atoms with Crippen LogP contribution in [0.25, 0.3) is 10.9 Å². The number of aromatic hydroxyl groups is 1. The summed E-state index contributed by atoms with van der Waals surface area (Å²) in [5.41, 5.74) is 13.3. The third kappa shape index (κ3) is 20.0. The fraction of sp³-hybridized carbons (Fsp3) is 0.525. The summed E-state index contributed by atoms with van der Waals surface area (Å²) in [5, 5.41) is 45.9. The van der Waals surface area contributed by atoms with E-state index in [1.54, 1.807) is 45.2 Å². The number of amides is 10. The molecule has 0 saturated carbocycles. The van der Waals surface area contributed by atoms with Crippen LogP contribution in [0.5, 0.6) is 5.75 Å². The molecule has 28 heteroatoms. The lowest BCUT2D eigenvalue weighted by molar-refractivity contribution is -0.142. The van der Waals surface area contributed by atoms with Crippen molar-refractivity contribution in [2.45, 2.75) is 160 Å². The zero-order valence-corrected chi connectivity index (χ0v) is 49.8. The number of aromatic amines is 2. The molecule has 2 aliphatic rings. The number of rotatable bonds is 32. The predicted molar refractivity (Wildman–Crippen MR) is 320 cm³/mol. The first-order valence-electron chi connectivity index (χ1n) is 29.5. The second kappa shape index (κ2) is 32.4. The number of likely N-dealkylation sites (tertiary alicyclic amines) is 1. The van der Waals surface area contributed by atoms with E-state index in [4.69, 9.17) is 11.5 Å². The Morgan fingerprint density at radius 2 is 1.28 bits per heavy atom. The quantitative estimate of drug-likeness (QED) is 0.0151. The number of hydrogen-bond acceptors (Lipinski definition) is 14. The number of nitrogens with zero attached hydrogens (tertiary/aromatic N) is 3. The Balaban J connectivity index is 1.22. The second-order valence-electron chi connectivity index (χ2n) is 22.8. The molecule has 10 amide bonds. The van der Waals surface area contributed by atoms with Gasteiger partial charge in [0, 0.05) is 74.3 Å². The van der Waals surface area contributed by atoms with Crippen molar-refractivity contribution >= 4 is 75.9 Å². The van der Waals surface area contributed by atoms with Gasteiger partial charge in [-0.3, -0.25) is 52.9 Å². The molecule has 2 saturated heterocycles. The third-order valence-electron chi connectivity index (χ3n) is 14.9. The maximum atomic E-state index is 14.7. The lowest BCUT2D eigenvalue weighted by atomic mass is 9.98. The number of guanidine groups is 1. The van der Waals surface area contributed by atoms with Crippen LogP contribution < -0.4 is 59.3 Å². The number of para-hydroxylation sites is 1. The molecule has 28 nitrogen and oxygen atoms in total. The van der Waals surface area contributed by atoms with Gasteiger partial charge in [0.25, 0.3) is 0 Å². The third-order valence-corrected chi connectivity index (χ3v) is 14.9. The molecule has 9 atom stereocenters. The van der Waals surface area contributed by atoms with E-state index in [-0.39, 0.29) is 106 Å². The van der Waals surface area contributed by atoms with E-state index in [1.165, 1.54) is 41.7 Å². The Labute approximate surface area is 504 Å². The van der Waals surface area contributed by atoms with E-state index >= 15 is 0 Å². The molecular weight excluding hydrogens is 1120 g/mol. The predicted octanol–water partition coefficient (Wildman–Crippen LogP) is -1.44. The highest BCUT2D eigenvalue weighted by Crippen LogP contribution is 2.22. The molecule has 2 aromatic carbocycles. The normalized spacial score (nSPS) is 17.1. The van der Waals surface area contributed by atoms with Crippen molar-refractivity contribution in [2.75, 3.05) is 26.2 Å². The highest BCUT2D eigenvalue weighted by atomic mass is 16.3. The number of H-pyrrole nitrogens is 2. The smallest absolute Gasteiger partial charge is 0.245 e. The first kappa shape index (κ1) is 67.1. The zero-order valence-electron chi connectivity index (χ0n) is 49.8. The Bertz CT molecular complexity index is 3050. The van der Waals surface area contributed by atoms with Crippen LogP contribution in [0.1, 0.15) is 103 Å². The number of imidazole rings is 1. The molecular formula is C59H84N16O12. The fourth-order valence-electron chi connectivity index (χ4n) is 10.5. The first-order valence-corrected chi connectivity index (χ1v) is 29.5. The summed E-state index contributed by atoms with van der Waals surface area (Å²) >= 11 is 0. The Kier molecular flexibility index (Phi) is 25.0. The number of aliphatic hydroxyl groups excluding tert-OH is 1. The van der Waals surface area contributed by atoms with E-state index in [1.807, 2.05) is 19.9 Å². The van der Waals surface area contributed by atoms with E-state index in [2.05, 4.69) is 67.8 Å². The minimum absolute atomic E-state index is 0.0397. The van der Waals surface area contributed by atoms with Crippen LogP contribution in [-0.4, -0.2) is 176 Å². The van der Waals surface area contributed by atoms with Crippen molar-refractivity contribution in [3.63, 3.8) is 0 Å². The van der Waals surface area contributed by atoms with Crippen LogP contribution >= 0.6 is 0 Å². The molecule has 0 aliphatic carbocycles. The van der Waals surface area contributed by atoms with Crippen LogP contribution in [0.15, 0.2) is 72.2 Å². The number of nitrogens with one attached hydrogen (secondary N) is 11. The van der Waals surface area contributed by atoms with Gasteiger partial charge in [-0.05, 0) is 93.0 Å². The fourth-order valence-corrected chi connectivity index (χ4v) is 10.5. The van der Waals surface area contributed by atoms with E-state index < -0.39 is 108 Å². The van der Waals surface area contributed by atoms with Gasteiger partial charge in [-0.1, -0.05) is 58.0 Å². The highest BCUT2D eigenvalue weighted by Gasteiger charge is 2.40. The summed E-state index contributed by atoms with van der Waals surface area (Å²) in [6.07, 6.45) is 5.80. The van der Waals surface area contributed by atoms with Gasteiger partial charge < -0.3 is 84.4 Å². The van der Waals surface area contributed by atoms with E-state index in [0.717, 1.165) is 5.52 Å². The van der Waals surface area contributed by atoms with Crippen molar-refractivity contribution in [3.8, 4) is 5.75 Å². The Morgan fingerprint density at radius 3 is 1.85 bits per heavy atom. The van der Waals surface area contributed by atoms with Crippen LogP contribution in [0.2, 0.25) is 0 Å². The Hall–Kier alpha value is -9.08. The van der Waals surface area contributed by atoms with Crippen molar-refractivity contribution in [2.24, 2.45) is 28.3 Å². The van der Waals surface area contributed by atoms with Crippen molar-refractivity contribution in [1.29, 1.82) is 0 Å². The van der Waals surface area contributed by atoms with Gasteiger partial charge in [0.2, 0.25) is 59.1 Å². The number of aliphatic imine (C=N–C) groups is 1. The maximum absolute atomic E-state index is 14.7. The van der Waals surface area contributed by atoms with Crippen LogP contribution in [0, 0.1) is 11.8 Å². The standard InChI is InChI=1S/C59H84N16O12/c1-6-63-57(86)48-14-10-22-75(48)58(87)41(13-9-21-64-59(60)61)68-51(80)42(23-32(2)3)69-52(81)43(24-33(4)5)70-53(82)44(25-34-15-17-37(77)18-16-34)71-56(85)47(30-76)74-54(83)45(26-35-28-65-39-12-8-7-11-38(35)39)72-55(84)46(27-36-29-62-31-66-36)73-50(79)40-19-20-49(78)67-40/h7-8,11-12,15-18,28-29,31-33,40-48,65,76-77H,6,9-10,13-14,19-27,30H2,1-5H3,(H,62,66)(H,63,86)(H,67,78)(H,68,80)(H,69,81)(H,70,82)(H,71,85)(H,72,84)(H,73,79)(H,74,83)(H4,60,61,64)/t40-,41-,42-,43-,44+,45+,46-,47-,48+/m0/s1. The molecule has 2 fully saturated rings. The molecule has 0 bridgehead atoms. The topological polar surface area (TPSA) is 432 Å². The average molecular weight is 1210 g/mol.